The first kappa shape index (κ1) is 21.6. The first-order chi connectivity index (χ1) is 13.1. The van der Waals surface area contributed by atoms with E-state index in [4.69, 9.17) is 14.0 Å². The molecule has 0 amide bonds. The quantitative estimate of drug-likeness (QED) is 0.248. The van der Waals surface area contributed by atoms with Gasteiger partial charge in [0.05, 0.1) is 12.0 Å². The zero-order chi connectivity index (χ0) is 21.9. The van der Waals surface area contributed by atoms with Crippen LogP contribution in [0.4, 0.5) is 22.0 Å². The number of fused-ring (bicyclic) bond motifs is 1. The van der Waals surface area contributed by atoms with Crippen molar-refractivity contribution in [1.82, 2.24) is 0 Å². The van der Waals surface area contributed by atoms with E-state index in [1.807, 2.05) is 0 Å². The molecule has 3 rings (SSSR count). The number of carbonyl (C=O) groups is 3. The van der Waals surface area contributed by atoms with Crippen molar-refractivity contribution in [3.63, 3.8) is 0 Å². The number of alkyl halides is 5. The summed E-state index contributed by atoms with van der Waals surface area (Å²) in [5.41, 5.74) is 0. The van der Waals surface area contributed by atoms with Gasteiger partial charge in [0.25, 0.3) is 6.10 Å². The molecule has 3 saturated heterocycles. The smallest absolute Gasteiger partial charge is 0.432 e. The summed E-state index contributed by atoms with van der Waals surface area (Å²) in [6.07, 6.45) is -12.5. The molecule has 2 bridgehead atoms. The SMILES string of the molecule is O=C(COC(=O)C1C2CC3OC(=O)C1C3O2)OC(C(F)(F)F)C(F)(F)S(=O)(=O)O. The Morgan fingerprint density at radius 3 is 2.38 bits per heavy atom. The van der Waals surface area contributed by atoms with Crippen molar-refractivity contribution in [2.75, 3.05) is 6.61 Å². The number of ether oxygens (including phenoxy) is 4. The fraction of sp³-hybridized carbons (Fsp3) is 0.769. The molecule has 3 aliphatic heterocycles. The fourth-order valence-corrected chi connectivity index (χ4v) is 3.92. The molecule has 6 unspecified atom stereocenters. The number of carbonyl (C=O) groups excluding carboxylic acids is 3. The monoisotopic (exact) mass is 454 g/mol. The normalized spacial score (nSPS) is 32.1. The molecule has 0 aromatic carbocycles. The Morgan fingerprint density at radius 2 is 1.83 bits per heavy atom. The van der Waals surface area contributed by atoms with Crippen LogP contribution >= 0.6 is 0 Å². The van der Waals surface area contributed by atoms with E-state index in [-0.39, 0.29) is 6.42 Å². The molecule has 164 valence electrons. The van der Waals surface area contributed by atoms with Crippen LogP contribution in [-0.4, -0.2) is 73.3 Å². The van der Waals surface area contributed by atoms with Crippen LogP contribution in [0.2, 0.25) is 0 Å². The summed E-state index contributed by atoms with van der Waals surface area (Å²) in [4.78, 5) is 35.2. The van der Waals surface area contributed by atoms with E-state index in [2.05, 4.69) is 9.47 Å². The lowest BCUT2D eigenvalue weighted by Crippen LogP contribution is -2.52. The standard InChI is InChI=1S/C13H11F5O10S/c14-12(15,16)11(13(17,18)29(22,23)24)28-5(19)2-25-9(20)6-3-1-4-8(26-3)7(6)10(21)27-4/h3-4,6-8,11H,1-2H2,(H,22,23,24). The van der Waals surface area contributed by atoms with Crippen molar-refractivity contribution in [3.05, 3.63) is 0 Å². The van der Waals surface area contributed by atoms with Gasteiger partial charge in [-0.2, -0.15) is 30.4 Å². The second-order valence-electron chi connectivity index (χ2n) is 6.46. The third kappa shape index (κ3) is 3.63. The van der Waals surface area contributed by atoms with Gasteiger partial charge in [-0.3, -0.25) is 14.1 Å². The predicted molar refractivity (Wildman–Crippen MR) is 73.5 cm³/mol. The summed E-state index contributed by atoms with van der Waals surface area (Å²) < 4.78 is 112. The minimum atomic E-state index is -6.60. The average molecular weight is 454 g/mol. The molecule has 0 radical (unpaired) electrons. The lowest BCUT2D eigenvalue weighted by atomic mass is 9.80. The van der Waals surface area contributed by atoms with Crippen molar-refractivity contribution >= 4 is 28.0 Å². The Hall–Kier alpha value is -2.07. The predicted octanol–water partition coefficient (Wildman–Crippen LogP) is -0.187. The third-order valence-electron chi connectivity index (χ3n) is 4.64. The number of hydrogen-bond acceptors (Lipinski definition) is 9. The van der Waals surface area contributed by atoms with Crippen LogP contribution in [0.15, 0.2) is 0 Å². The molecule has 10 nitrogen and oxygen atoms in total. The van der Waals surface area contributed by atoms with Crippen LogP contribution in [0, 0.1) is 11.8 Å². The van der Waals surface area contributed by atoms with Gasteiger partial charge in [-0.25, -0.2) is 4.79 Å². The molecule has 0 spiro atoms. The average Bonchev–Trinajstić information content (AvgIpc) is 3.17. The van der Waals surface area contributed by atoms with E-state index in [1.165, 1.54) is 0 Å². The summed E-state index contributed by atoms with van der Waals surface area (Å²) in [5, 5.41) is -5.91. The first-order valence-corrected chi connectivity index (χ1v) is 9.22. The van der Waals surface area contributed by atoms with E-state index < -0.39 is 82.3 Å². The summed E-state index contributed by atoms with van der Waals surface area (Å²) in [6, 6.07) is 0. The number of hydrogen-bond donors (Lipinski definition) is 1. The lowest BCUT2D eigenvalue weighted by Gasteiger charge is -2.26. The highest BCUT2D eigenvalue weighted by Crippen LogP contribution is 2.50. The fourth-order valence-electron chi connectivity index (χ4n) is 3.47. The molecule has 0 saturated carbocycles. The molecule has 1 N–H and O–H groups in total. The number of halogens is 5. The summed E-state index contributed by atoms with van der Waals surface area (Å²) in [7, 11) is -6.60. The summed E-state index contributed by atoms with van der Waals surface area (Å²) in [6.45, 7) is -1.59. The van der Waals surface area contributed by atoms with Gasteiger partial charge in [0, 0.05) is 6.42 Å². The Bertz CT molecular complexity index is 837. The van der Waals surface area contributed by atoms with Gasteiger partial charge in [-0.05, 0) is 0 Å². The van der Waals surface area contributed by atoms with Crippen molar-refractivity contribution in [3.8, 4) is 0 Å². The van der Waals surface area contributed by atoms with Gasteiger partial charge < -0.3 is 18.9 Å². The third-order valence-corrected chi connectivity index (χ3v) is 5.55. The minimum absolute atomic E-state index is 0.161. The van der Waals surface area contributed by atoms with Crippen molar-refractivity contribution in [1.29, 1.82) is 0 Å². The molecule has 29 heavy (non-hydrogen) atoms. The maximum Gasteiger partial charge on any atom is 0.432 e. The molecule has 0 aromatic heterocycles. The molecular weight excluding hydrogens is 443 g/mol. The molecule has 3 heterocycles. The Morgan fingerprint density at radius 1 is 1.21 bits per heavy atom. The Balaban J connectivity index is 1.63. The van der Waals surface area contributed by atoms with Crippen LogP contribution in [0.25, 0.3) is 0 Å². The molecule has 16 heteroatoms. The number of rotatable bonds is 6. The van der Waals surface area contributed by atoms with E-state index >= 15 is 0 Å². The second kappa shape index (κ2) is 6.73. The van der Waals surface area contributed by atoms with Gasteiger partial charge in [-0.15, -0.1) is 0 Å². The highest BCUT2D eigenvalue weighted by molar-refractivity contribution is 7.86. The van der Waals surface area contributed by atoms with Crippen LogP contribution < -0.4 is 0 Å². The van der Waals surface area contributed by atoms with Crippen LogP contribution in [0.5, 0.6) is 0 Å². The van der Waals surface area contributed by atoms with E-state index in [9.17, 15) is 44.8 Å². The molecule has 3 fully saturated rings. The van der Waals surface area contributed by atoms with Gasteiger partial charge in [0.15, 0.2) is 6.61 Å². The van der Waals surface area contributed by atoms with Gasteiger partial charge in [0.1, 0.15) is 18.1 Å². The Kier molecular flexibility index (Phi) is 5.02. The maximum absolute atomic E-state index is 13.3. The molecule has 6 atom stereocenters. The zero-order valence-electron chi connectivity index (χ0n) is 13.8. The van der Waals surface area contributed by atoms with Crippen molar-refractivity contribution in [2.45, 2.75) is 42.3 Å². The molecule has 3 aliphatic rings. The van der Waals surface area contributed by atoms with Crippen LogP contribution in [-0.2, 0) is 43.4 Å². The summed E-state index contributed by atoms with van der Waals surface area (Å²) >= 11 is 0. The van der Waals surface area contributed by atoms with Crippen LogP contribution in [0.3, 0.4) is 0 Å². The highest BCUT2D eigenvalue weighted by atomic mass is 32.2. The van der Waals surface area contributed by atoms with E-state index in [0.29, 0.717) is 0 Å². The lowest BCUT2D eigenvalue weighted by molar-refractivity contribution is -0.260. The first-order valence-electron chi connectivity index (χ1n) is 7.78. The van der Waals surface area contributed by atoms with E-state index in [1.54, 1.807) is 0 Å². The topological polar surface area (TPSA) is 142 Å². The molecule has 0 aliphatic carbocycles. The van der Waals surface area contributed by atoms with Crippen molar-refractivity contribution < 1.29 is 68.3 Å². The second-order valence-corrected chi connectivity index (χ2v) is 7.95. The zero-order valence-corrected chi connectivity index (χ0v) is 14.6. The van der Waals surface area contributed by atoms with Crippen LogP contribution in [0.1, 0.15) is 6.42 Å². The molecule has 0 aromatic rings. The number of esters is 3. The largest absolute Gasteiger partial charge is 0.459 e. The van der Waals surface area contributed by atoms with E-state index in [0.717, 1.165) is 0 Å². The maximum atomic E-state index is 13.3. The molecular formula is C13H11F5O10S. The van der Waals surface area contributed by atoms with Gasteiger partial charge >= 0.3 is 39.5 Å². The van der Waals surface area contributed by atoms with Gasteiger partial charge in [0.2, 0.25) is 0 Å². The highest BCUT2D eigenvalue weighted by Gasteiger charge is 2.67. The minimum Gasteiger partial charge on any atom is -0.459 e. The summed E-state index contributed by atoms with van der Waals surface area (Å²) in [5.74, 6) is -6.40. The van der Waals surface area contributed by atoms with Gasteiger partial charge in [-0.1, -0.05) is 0 Å². The Labute approximate surface area is 157 Å². The van der Waals surface area contributed by atoms with Crippen molar-refractivity contribution in [2.24, 2.45) is 11.8 Å².